The molecule has 1 rings (SSSR count). The quantitative estimate of drug-likeness (QED) is 0.689. The summed E-state index contributed by atoms with van der Waals surface area (Å²) in [5.74, 6) is 1.06. The van der Waals surface area contributed by atoms with Gasteiger partial charge < -0.3 is 4.74 Å². The third-order valence-corrected chi connectivity index (χ3v) is 4.54. The van der Waals surface area contributed by atoms with Crippen LogP contribution in [0.4, 0.5) is 0 Å². The molecule has 2 atom stereocenters. The fraction of sp³-hybridized carbons (Fsp3) is 0.933. The van der Waals surface area contributed by atoms with Gasteiger partial charge in [-0.1, -0.05) is 27.7 Å². The SMILES string of the molecule is CCC(C)(C)C(=O)OC1(C(C)C)CCC(C)C1. The van der Waals surface area contributed by atoms with E-state index in [1.165, 1.54) is 6.42 Å². The van der Waals surface area contributed by atoms with Crippen LogP contribution < -0.4 is 0 Å². The maximum atomic E-state index is 12.2. The molecule has 0 N–H and O–H groups in total. The second-order valence-corrected chi connectivity index (χ2v) is 6.69. The van der Waals surface area contributed by atoms with Crippen LogP contribution in [0.15, 0.2) is 0 Å². The normalized spacial score (nSPS) is 29.7. The predicted octanol–water partition coefficient (Wildman–Crippen LogP) is 4.18. The first-order chi connectivity index (χ1) is 7.73. The lowest BCUT2D eigenvalue weighted by atomic mass is 9.85. The first kappa shape index (κ1) is 14.5. The molecule has 0 heterocycles. The average molecular weight is 240 g/mol. The maximum absolute atomic E-state index is 12.2. The zero-order valence-electron chi connectivity index (χ0n) is 12.3. The molecule has 1 fully saturated rings. The van der Waals surface area contributed by atoms with Gasteiger partial charge in [0.1, 0.15) is 5.60 Å². The molecule has 1 aliphatic carbocycles. The zero-order valence-corrected chi connectivity index (χ0v) is 12.3. The summed E-state index contributed by atoms with van der Waals surface area (Å²) in [6.45, 7) is 12.6. The molecule has 0 aliphatic heterocycles. The van der Waals surface area contributed by atoms with E-state index in [4.69, 9.17) is 4.74 Å². The lowest BCUT2D eigenvalue weighted by molar-refractivity contribution is -0.175. The van der Waals surface area contributed by atoms with Gasteiger partial charge in [0.2, 0.25) is 0 Å². The Morgan fingerprint density at radius 2 is 2.06 bits per heavy atom. The summed E-state index contributed by atoms with van der Waals surface area (Å²) in [6.07, 6.45) is 4.06. The van der Waals surface area contributed by atoms with Crippen LogP contribution in [-0.4, -0.2) is 11.6 Å². The number of ether oxygens (including phenoxy) is 1. The van der Waals surface area contributed by atoms with Crippen molar-refractivity contribution in [3.8, 4) is 0 Å². The molecule has 0 amide bonds. The van der Waals surface area contributed by atoms with Gasteiger partial charge in [0.05, 0.1) is 5.41 Å². The van der Waals surface area contributed by atoms with Crippen molar-refractivity contribution in [1.29, 1.82) is 0 Å². The summed E-state index contributed by atoms with van der Waals surface area (Å²) in [5, 5.41) is 0. The third-order valence-electron chi connectivity index (χ3n) is 4.54. The summed E-state index contributed by atoms with van der Waals surface area (Å²) in [4.78, 5) is 12.2. The topological polar surface area (TPSA) is 26.3 Å². The van der Waals surface area contributed by atoms with E-state index in [1.807, 2.05) is 20.8 Å². The second-order valence-electron chi connectivity index (χ2n) is 6.69. The minimum atomic E-state index is -0.353. The molecule has 2 nitrogen and oxygen atoms in total. The van der Waals surface area contributed by atoms with E-state index >= 15 is 0 Å². The van der Waals surface area contributed by atoms with Crippen molar-refractivity contribution in [3.05, 3.63) is 0 Å². The van der Waals surface area contributed by atoms with Crippen LogP contribution in [0.25, 0.3) is 0 Å². The highest BCUT2D eigenvalue weighted by atomic mass is 16.6. The van der Waals surface area contributed by atoms with E-state index in [2.05, 4.69) is 20.8 Å². The minimum absolute atomic E-state index is 0.0252. The number of rotatable bonds is 4. The highest BCUT2D eigenvalue weighted by molar-refractivity contribution is 5.76. The average Bonchev–Trinajstić information content (AvgIpc) is 2.61. The number of hydrogen-bond donors (Lipinski definition) is 0. The Morgan fingerprint density at radius 1 is 1.47 bits per heavy atom. The van der Waals surface area contributed by atoms with Crippen molar-refractivity contribution in [3.63, 3.8) is 0 Å². The summed E-state index contributed by atoms with van der Waals surface area (Å²) >= 11 is 0. The number of esters is 1. The second kappa shape index (κ2) is 4.99. The molecule has 0 aromatic carbocycles. The fourth-order valence-corrected chi connectivity index (χ4v) is 2.49. The summed E-state index contributed by atoms with van der Waals surface area (Å²) in [5.41, 5.74) is -0.559. The first-order valence-electron chi connectivity index (χ1n) is 6.97. The van der Waals surface area contributed by atoms with Gasteiger partial charge in [-0.25, -0.2) is 0 Å². The van der Waals surface area contributed by atoms with Gasteiger partial charge in [0.25, 0.3) is 0 Å². The van der Waals surface area contributed by atoms with E-state index in [-0.39, 0.29) is 17.0 Å². The van der Waals surface area contributed by atoms with Crippen LogP contribution in [0.5, 0.6) is 0 Å². The summed E-state index contributed by atoms with van der Waals surface area (Å²) < 4.78 is 5.95. The van der Waals surface area contributed by atoms with Gasteiger partial charge in [0, 0.05) is 0 Å². The first-order valence-corrected chi connectivity index (χ1v) is 6.97. The van der Waals surface area contributed by atoms with Gasteiger partial charge >= 0.3 is 5.97 Å². The van der Waals surface area contributed by atoms with Crippen LogP contribution in [0.2, 0.25) is 0 Å². The van der Waals surface area contributed by atoms with E-state index < -0.39 is 0 Å². The molecule has 0 aromatic rings. The molecule has 2 unspecified atom stereocenters. The van der Waals surface area contributed by atoms with Gasteiger partial charge in [-0.15, -0.1) is 0 Å². The predicted molar refractivity (Wildman–Crippen MR) is 70.7 cm³/mol. The van der Waals surface area contributed by atoms with Crippen molar-refractivity contribution in [2.24, 2.45) is 17.3 Å². The van der Waals surface area contributed by atoms with Crippen molar-refractivity contribution in [1.82, 2.24) is 0 Å². The maximum Gasteiger partial charge on any atom is 0.312 e. The highest BCUT2D eigenvalue weighted by Crippen LogP contribution is 2.43. The standard InChI is InChI=1S/C15H28O2/c1-7-14(5,6)13(16)17-15(11(2)3)9-8-12(4)10-15/h11-12H,7-10H2,1-6H3. The molecule has 100 valence electrons. The number of carbonyl (C=O) groups is 1. The zero-order chi connectivity index (χ0) is 13.3. The molecule has 0 spiro atoms. The van der Waals surface area contributed by atoms with Crippen LogP contribution in [0.3, 0.4) is 0 Å². The number of carbonyl (C=O) groups excluding carboxylic acids is 1. The Morgan fingerprint density at radius 3 is 2.41 bits per heavy atom. The van der Waals surface area contributed by atoms with Gasteiger partial charge in [-0.3, -0.25) is 4.79 Å². The Bertz CT molecular complexity index is 281. The molecule has 2 heteroatoms. The lowest BCUT2D eigenvalue weighted by Gasteiger charge is -2.36. The van der Waals surface area contributed by atoms with E-state index in [1.54, 1.807) is 0 Å². The van der Waals surface area contributed by atoms with Crippen molar-refractivity contribution < 1.29 is 9.53 Å². The van der Waals surface area contributed by atoms with Gasteiger partial charge in [0.15, 0.2) is 0 Å². The lowest BCUT2D eigenvalue weighted by Crippen LogP contribution is -2.41. The van der Waals surface area contributed by atoms with E-state index in [0.29, 0.717) is 11.8 Å². The van der Waals surface area contributed by atoms with Crippen LogP contribution in [0, 0.1) is 17.3 Å². The Balaban J connectivity index is 2.79. The van der Waals surface area contributed by atoms with E-state index in [0.717, 1.165) is 19.3 Å². The Labute approximate surface area is 106 Å². The van der Waals surface area contributed by atoms with Crippen LogP contribution in [-0.2, 0) is 9.53 Å². The molecule has 1 aliphatic rings. The van der Waals surface area contributed by atoms with Gasteiger partial charge in [-0.05, 0) is 51.4 Å². The molecule has 0 aromatic heterocycles. The molecular weight excluding hydrogens is 212 g/mol. The molecule has 0 saturated heterocycles. The monoisotopic (exact) mass is 240 g/mol. The molecule has 0 radical (unpaired) electrons. The van der Waals surface area contributed by atoms with Crippen molar-refractivity contribution >= 4 is 5.97 Å². The summed E-state index contributed by atoms with van der Waals surface area (Å²) in [7, 11) is 0. The molecule has 17 heavy (non-hydrogen) atoms. The van der Waals surface area contributed by atoms with Crippen LogP contribution >= 0.6 is 0 Å². The smallest absolute Gasteiger partial charge is 0.312 e. The number of hydrogen-bond acceptors (Lipinski definition) is 2. The molecule has 0 bridgehead atoms. The Kier molecular flexibility index (Phi) is 4.27. The third kappa shape index (κ3) is 3.02. The van der Waals surface area contributed by atoms with Gasteiger partial charge in [-0.2, -0.15) is 0 Å². The molecule has 1 saturated carbocycles. The highest BCUT2D eigenvalue weighted by Gasteiger charge is 2.45. The largest absolute Gasteiger partial charge is 0.458 e. The Hall–Kier alpha value is -0.530. The van der Waals surface area contributed by atoms with Crippen molar-refractivity contribution in [2.45, 2.75) is 72.8 Å². The fourth-order valence-electron chi connectivity index (χ4n) is 2.49. The van der Waals surface area contributed by atoms with Crippen molar-refractivity contribution in [2.75, 3.05) is 0 Å². The molecular formula is C15H28O2. The van der Waals surface area contributed by atoms with E-state index in [9.17, 15) is 4.79 Å². The summed E-state index contributed by atoms with van der Waals surface area (Å²) in [6, 6.07) is 0. The van der Waals surface area contributed by atoms with Crippen LogP contribution in [0.1, 0.15) is 67.2 Å². The minimum Gasteiger partial charge on any atom is -0.458 e.